The Kier molecular flexibility index (Phi) is 5.39. The van der Waals surface area contributed by atoms with Gasteiger partial charge < -0.3 is 9.47 Å². The molecule has 7 heteroatoms. The highest BCUT2D eigenvalue weighted by molar-refractivity contribution is 7.14. The smallest absolute Gasteiger partial charge is 0.274 e. The van der Waals surface area contributed by atoms with Gasteiger partial charge in [-0.05, 0) is 42.0 Å². The molecule has 0 aliphatic heterocycles. The van der Waals surface area contributed by atoms with E-state index in [9.17, 15) is 4.79 Å². The number of amides is 1. The van der Waals surface area contributed by atoms with Crippen LogP contribution in [0.25, 0.3) is 11.3 Å². The Hall–Kier alpha value is -3.45. The van der Waals surface area contributed by atoms with Gasteiger partial charge in [-0.3, -0.25) is 15.1 Å². The van der Waals surface area contributed by atoms with Crippen LogP contribution in [0.5, 0.6) is 0 Å². The number of hydrogen-bond donors (Lipinski definition) is 1. The summed E-state index contributed by atoms with van der Waals surface area (Å²) < 4.78 is 1.92. The Morgan fingerprint density at radius 2 is 1.97 bits per heavy atom. The predicted octanol–water partition coefficient (Wildman–Crippen LogP) is 4.37. The summed E-state index contributed by atoms with van der Waals surface area (Å²) in [6.07, 6.45) is 5.40. The second-order valence-electron chi connectivity index (χ2n) is 6.81. The molecule has 6 nitrogen and oxygen atoms in total. The maximum absolute atomic E-state index is 12.8. The standard InChI is InChI=1S/C22H21N5OS/c1-26(2)18-6-3-5-17(13-18)19-15-29-22(24-19)25-21(28)20-7-4-12-27(20)14-16-8-10-23-11-9-16/h3-13,15H,14H2,1-2H3,(H,24,25,28). The normalized spacial score (nSPS) is 10.7. The number of thiazole rings is 1. The second kappa shape index (κ2) is 8.28. The van der Waals surface area contributed by atoms with Crippen LogP contribution in [0.15, 0.2) is 72.5 Å². The van der Waals surface area contributed by atoms with Gasteiger partial charge in [-0.25, -0.2) is 4.98 Å². The lowest BCUT2D eigenvalue weighted by atomic mass is 10.1. The van der Waals surface area contributed by atoms with Gasteiger partial charge in [0.15, 0.2) is 5.13 Å². The van der Waals surface area contributed by atoms with Gasteiger partial charge >= 0.3 is 0 Å². The van der Waals surface area contributed by atoms with Crippen LogP contribution in [-0.4, -0.2) is 34.5 Å². The van der Waals surface area contributed by atoms with E-state index in [2.05, 4.69) is 32.3 Å². The van der Waals surface area contributed by atoms with Crippen molar-refractivity contribution < 1.29 is 4.79 Å². The number of carbonyl (C=O) groups excluding carboxylic acids is 1. The van der Waals surface area contributed by atoms with Gasteiger partial charge in [-0.2, -0.15) is 0 Å². The fourth-order valence-electron chi connectivity index (χ4n) is 3.01. The highest BCUT2D eigenvalue weighted by Crippen LogP contribution is 2.27. The van der Waals surface area contributed by atoms with Crippen LogP contribution in [0.2, 0.25) is 0 Å². The number of nitrogens with zero attached hydrogens (tertiary/aromatic N) is 4. The second-order valence-corrected chi connectivity index (χ2v) is 7.67. The molecule has 3 heterocycles. The molecule has 1 aromatic carbocycles. The van der Waals surface area contributed by atoms with Crippen molar-refractivity contribution >= 4 is 28.1 Å². The van der Waals surface area contributed by atoms with Gasteiger partial charge in [0, 0.05) is 55.9 Å². The molecular weight excluding hydrogens is 382 g/mol. The summed E-state index contributed by atoms with van der Waals surface area (Å²) >= 11 is 1.42. The summed E-state index contributed by atoms with van der Waals surface area (Å²) in [4.78, 5) is 23.5. The average Bonchev–Trinajstić information content (AvgIpc) is 3.38. The summed E-state index contributed by atoms with van der Waals surface area (Å²) in [5.41, 5.74) is 4.65. The van der Waals surface area contributed by atoms with E-state index >= 15 is 0 Å². The number of nitrogens with one attached hydrogen (secondary N) is 1. The van der Waals surface area contributed by atoms with E-state index in [-0.39, 0.29) is 5.91 Å². The Bertz CT molecular complexity index is 1120. The SMILES string of the molecule is CN(C)c1cccc(-c2csc(NC(=O)c3cccn3Cc3ccncc3)n2)c1. The van der Waals surface area contributed by atoms with Gasteiger partial charge in [0.2, 0.25) is 0 Å². The van der Waals surface area contributed by atoms with Crippen molar-refractivity contribution in [3.8, 4) is 11.3 Å². The van der Waals surface area contributed by atoms with E-state index < -0.39 is 0 Å². The first-order valence-electron chi connectivity index (χ1n) is 9.19. The molecule has 0 aliphatic carbocycles. The molecule has 0 atom stereocenters. The lowest BCUT2D eigenvalue weighted by Crippen LogP contribution is -2.17. The Morgan fingerprint density at radius 1 is 1.14 bits per heavy atom. The minimum Gasteiger partial charge on any atom is -0.378 e. The van der Waals surface area contributed by atoms with Crippen molar-refractivity contribution in [1.29, 1.82) is 0 Å². The largest absolute Gasteiger partial charge is 0.378 e. The zero-order valence-electron chi connectivity index (χ0n) is 16.2. The van der Waals surface area contributed by atoms with Crippen molar-refractivity contribution in [2.24, 2.45) is 0 Å². The zero-order valence-corrected chi connectivity index (χ0v) is 17.1. The third-order valence-electron chi connectivity index (χ3n) is 4.55. The quantitative estimate of drug-likeness (QED) is 0.519. The van der Waals surface area contributed by atoms with E-state index in [1.165, 1.54) is 11.3 Å². The fraction of sp³-hybridized carbons (Fsp3) is 0.136. The average molecular weight is 404 g/mol. The predicted molar refractivity (Wildman–Crippen MR) is 118 cm³/mol. The van der Waals surface area contributed by atoms with Gasteiger partial charge in [0.1, 0.15) is 5.69 Å². The summed E-state index contributed by atoms with van der Waals surface area (Å²) in [5.74, 6) is -0.174. The molecular formula is C22H21N5OS. The van der Waals surface area contributed by atoms with Crippen molar-refractivity contribution in [3.63, 3.8) is 0 Å². The molecule has 3 aromatic heterocycles. The molecule has 4 rings (SSSR count). The molecule has 0 bridgehead atoms. The molecule has 0 fully saturated rings. The number of benzene rings is 1. The van der Waals surface area contributed by atoms with Crippen molar-refractivity contribution in [2.45, 2.75) is 6.54 Å². The molecule has 0 unspecified atom stereocenters. The number of carbonyl (C=O) groups is 1. The van der Waals surface area contributed by atoms with Crippen LogP contribution in [0.3, 0.4) is 0 Å². The molecule has 1 amide bonds. The van der Waals surface area contributed by atoms with Crippen molar-refractivity contribution in [3.05, 3.63) is 83.8 Å². The van der Waals surface area contributed by atoms with Crippen molar-refractivity contribution in [1.82, 2.24) is 14.5 Å². The Labute approximate surface area is 173 Å². The Balaban J connectivity index is 1.49. The third kappa shape index (κ3) is 4.35. The minimum atomic E-state index is -0.174. The maximum atomic E-state index is 12.8. The maximum Gasteiger partial charge on any atom is 0.274 e. The van der Waals surface area contributed by atoms with E-state index in [1.807, 2.05) is 66.6 Å². The number of anilines is 2. The van der Waals surface area contributed by atoms with Crippen LogP contribution in [0.1, 0.15) is 16.1 Å². The van der Waals surface area contributed by atoms with Crippen LogP contribution in [0, 0.1) is 0 Å². The van der Waals surface area contributed by atoms with Gasteiger partial charge in [-0.15, -0.1) is 11.3 Å². The molecule has 0 radical (unpaired) electrons. The monoisotopic (exact) mass is 403 g/mol. The van der Waals surface area contributed by atoms with Crippen LogP contribution >= 0.6 is 11.3 Å². The summed E-state index contributed by atoms with van der Waals surface area (Å²) in [7, 11) is 4.01. The van der Waals surface area contributed by atoms with E-state index in [1.54, 1.807) is 12.4 Å². The van der Waals surface area contributed by atoms with E-state index in [4.69, 9.17) is 0 Å². The first-order valence-corrected chi connectivity index (χ1v) is 10.1. The summed E-state index contributed by atoms with van der Waals surface area (Å²) in [6.45, 7) is 0.610. The molecule has 4 aromatic rings. The van der Waals surface area contributed by atoms with Crippen LogP contribution in [-0.2, 0) is 6.54 Å². The number of hydrogen-bond acceptors (Lipinski definition) is 5. The number of pyridine rings is 1. The van der Waals surface area contributed by atoms with E-state index in [0.29, 0.717) is 17.4 Å². The number of rotatable bonds is 6. The fourth-order valence-corrected chi connectivity index (χ4v) is 3.73. The molecule has 0 saturated carbocycles. The summed E-state index contributed by atoms with van der Waals surface area (Å²) in [6, 6.07) is 15.7. The third-order valence-corrected chi connectivity index (χ3v) is 5.31. The van der Waals surface area contributed by atoms with Gasteiger partial charge in [0.25, 0.3) is 5.91 Å². The molecule has 0 spiro atoms. The summed E-state index contributed by atoms with van der Waals surface area (Å²) in [5, 5.41) is 5.46. The van der Waals surface area contributed by atoms with Gasteiger partial charge in [0.05, 0.1) is 5.69 Å². The number of aromatic nitrogens is 3. The highest BCUT2D eigenvalue weighted by atomic mass is 32.1. The zero-order chi connectivity index (χ0) is 20.2. The van der Waals surface area contributed by atoms with Crippen molar-refractivity contribution in [2.75, 3.05) is 24.3 Å². The molecule has 0 saturated heterocycles. The Morgan fingerprint density at radius 3 is 2.76 bits per heavy atom. The molecule has 0 aliphatic rings. The molecule has 1 N–H and O–H groups in total. The molecule has 146 valence electrons. The first-order chi connectivity index (χ1) is 14.1. The first kappa shape index (κ1) is 18.9. The van der Waals surface area contributed by atoms with E-state index in [0.717, 1.165) is 22.5 Å². The lowest BCUT2D eigenvalue weighted by Gasteiger charge is -2.12. The van der Waals surface area contributed by atoms with Gasteiger partial charge in [-0.1, -0.05) is 12.1 Å². The minimum absolute atomic E-state index is 0.174. The topological polar surface area (TPSA) is 63.1 Å². The van der Waals surface area contributed by atoms with Crippen LogP contribution < -0.4 is 10.2 Å². The molecule has 29 heavy (non-hydrogen) atoms. The lowest BCUT2D eigenvalue weighted by molar-refractivity contribution is 0.101. The van der Waals surface area contributed by atoms with Crippen LogP contribution in [0.4, 0.5) is 10.8 Å². The highest BCUT2D eigenvalue weighted by Gasteiger charge is 2.14.